The van der Waals surface area contributed by atoms with Crippen LogP contribution in [0.4, 0.5) is 0 Å². The van der Waals surface area contributed by atoms with Gasteiger partial charge >= 0.3 is 5.97 Å². The molecule has 0 saturated carbocycles. The van der Waals surface area contributed by atoms with Gasteiger partial charge in [-0.05, 0) is 41.0 Å². The second kappa shape index (κ2) is 5.35. The molecular formula is C11H22O3. The minimum Gasteiger partial charge on any atom is -0.436 e. The fourth-order valence-electron chi connectivity index (χ4n) is 0.866. The lowest BCUT2D eigenvalue weighted by Gasteiger charge is -2.24. The molecule has 0 radical (unpaired) electrons. The minimum absolute atomic E-state index is 0.0718. The van der Waals surface area contributed by atoms with Crippen molar-refractivity contribution in [2.45, 2.75) is 60.4 Å². The molecule has 0 amide bonds. The number of rotatable bonds is 5. The molecule has 0 aromatic heterocycles. The molecule has 0 N–H and O–H groups in total. The number of hydrogen-bond acceptors (Lipinski definition) is 3. The zero-order chi connectivity index (χ0) is 11.4. The third kappa shape index (κ3) is 4.61. The maximum absolute atomic E-state index is 11.6. The predicted octanol–water partition coefficient (Wildman–Crippen LogP) is 2.74. The first-order valence-electron chi connectivity index (χ1n) is 5.16. The second-order valence-electron chi connectivity index (χ2n) is 4.40. The van der Waals surface area contributed by atoms with Crippen molar-refractivity contribution < 1.29 is 14.3 Å². The van der Waals surface area contributed by atoms with E-state index in [1.165, 1.54) is 0 Å². The van der Waals surface area contributed by atoms with Gasteiger partial charge in [-0.25, -0.2) is 0 Å². The Balaban J connectivity index is 4.06. The molecule has 0 spiro atoms. The van der Waals surface area contributed by atoms with E-state index >= 15 is 0 Å². The average Bonchev–Trinajstić information content (AvgIpc) is 2.02. The molecule has 0 fully saturated rings. The van der Waals surface area contributed by atoms with Crippen molar-refractivity contribution in [2.24, 2.45) is 5.41 Å². The highest BCUT2D eigenvalue weighted by Crippen LogP contribution is 2.22. The summed E-state index contributed by atoms with van der Waals surface area (Å²) in [5.74, 6) is -0.201. The van der Waals surface area contributed by atoms with Gasteiger partial charge in [0.1, 0.15) is 0 Å². The van der Waals surface area contributed by atoms with Crippen molar-refractivity contribution in [3.63, 3.8) is 0 Å². The molecule has 84 valence electrons. The predicted molar refractivity (Wildman–Crippen MR) is 55.8 cm³/mol. The van der Waals surface area contributed by atoms with Gasteiger partial charge in [-0.2, -0.15) is 0 Å². The highest BCUT2D eigenvalue weighted by molar-refractivity contribution is 5.75. The Labute approximate surface area is 86.8 Å². The fraction of sp³-hybridized carbons (Fsp3) is 0.909. The lowest BCUT2D eigenvalue weighted by atomic mass is 9.91. The standard InChI is InChI=1S/C11H22O3/c1-7-11(5,6)10(12)14-9(4)13-8(2)3/h8-9H,7H2,1-6H3. The number of ether oxygens (including phenoxy) is 2. The summed E-state index contributed by atoms with van der Waals surface area (Å²) in [5, 5.41) is 0. The van der Waals surface area contributed by atoms with Crippen LogP contribution in [0.5, 0.6) is 0 Å². The highest BCUT2D eigenvalue weighted by atomic mass is 16.7. The number of carbonyl (C=O) groups excluding carboxylic acids is 1. The Morgan fingerprint density at radius 2 is 1.79 bits per heavy atom. The summed E-state index contributed by atoms with van der Waals surface area (Å²) in [4.78, 5) is 11.6. The van der Waals surface area contributed by atoms with Crippen LogP contribution in [-0.2, 0) is 14.3 Å². The molecule has 3 heteroatoms. The van der Waals surface area contributed by atoms with Gasteiger partial charge in [0, 0.05) is 0 Å². The molecule has 1 unspecified atom stereocenters. The molecule has 0 saturated heterocycles. The van der Waals surface area contributed by atoms with Crippen molar-refractivity contribution in [2.75, 3.05) is 0 Å². The SMILES string of the molecule is CCC(C)(C)C(=O)OC(C)OC(C)C. The fourth-order valence-corrected chi connectivity index (χ4v) is 0.866. The Bertz CT molecular complexity index is 185. The number of esters is 1. The largest absolute Gasteiger partial charge is 0.436 e. The molecule has 0 bridgehead atoms. The van der Waals surface area contributed by atoms with E-state index in [-0.39, 0.29) is 12.1 Å². The van der Waals surface area contributed by atoms with Gasteiger partial charge in [0.15, 0.2) is 6.29 Å². The van der Waals surface area contributed by atoms with Gasteiger partial charge in [-0.3, -0.25) is 4.79 Å². The van der Waals surface area contributed by atoms with E-state index in [2.05, 4.69) is 0 Å². The minimum atomic E-state index is -0.465. The second-order valence-corrected chi connectivity index (χ2v) is 4.40. The Morgan fingerprint density at radius 1 is 1.29 bits per heavy atom. The van der Waals surface area contributed by atoms with Crippen LogP contribution in [0, 0.1) is 5.41 Å². The van der Waals surface area contributed by atoms with E-state index in [1.54, 1.807) is 6.92 Å². The van der Waals surface area contributed by atoms with Crippen LogP contribution in [0.2, 0.25) is 0 Å². The summed E-state index contributed by atoms with van der Waals surface area (Å²) < 4.78 is 10.5. The lowest BCUT2D eigenvalue weighted by molar-refractivity contribution is -0.191. The van der Waals surface area contributed by atoms with Crippen molar-refractivity contribution in [3.8, 4) is 0 Å². The van der Waals surface area contributed by atoms with E-state index in [0.717, 1.165) is 6.42 Å². The van der Waals surface area contributed by atoms with Crippen LogP contribution in [0.15, 0.2) is 0 Å². The molecule has 0 aromatic carbocycles. The summed E-state index contributed by atoms with van der Waals surface area (Å²) in [6.07, 6.45) is 0.371. The van der Waals surface area contributed by atoms with E-state index in [4.69, 9.17) is 9.47 Å². The van der Waals surface area contributed by atoms with Crippen molar-refractivity contribution in [3.05, 3.63) is 0 Å². The van der Waals surface area contributed by atoms with Gasteiger partial charge in [-0.1, -0.05) is 6.92 Å². The molecule has 0 aromatic rings. The molecule has 1 atom stereocenters. The molecule has 0 heterocycles. The smallest absolute Gasteiger partial charge is 0.313 e. The van der Waals surface area contributed by atoms with E-state index in [1.807, 2.05) is 34.6 Å². The highest BCUT2D eigenvalue weighted by Gasteiger charge is 2.28. The summed E-state index contributed by atoms with van der Waals surface area (Å²) in [5.41, 5.74) is -0.422. The summed E-state index contributed by atoms with van der Waals surface area (Å²) in [7, 11) is 0. The molecule has 0 aliphatic rings. The third-order valence-electron chi connectivity index (χ3n) is 2.17. The molecular weight excluding hydrogens is 180 g/mol. The van der Waals surface area contributed by atoms with E-state index < -0.39 is 11.7 Å². The van der Waals surface area contributed by atoms with Crippen LogP contribution >= 0.6 is 0 Å². The summed E-state index contributed by atoms with van der Waals surface area (Å²) in [6.45, 7) is 11.3. The van der Waals surface area contributed by atoms with Crippen molar-refractivity contribution in [1.82, 2.24) is 0 Å². The van der Waals surface area contributed by atoms with Crippen LogP contribution in [0.1, 0.15) is 48.0 Å². The van der Waals surface area contributed by atoms with Crippen LogP contribution in [0.25, 0.3) is 0 Å². The number of hydrogen-bond donors (Lipinski definition) is 0. The summed E-state index contributed by atoms with van der Waals surface area (Å²) in [6, 6.07) is 0. The van der Waals surface area contributed by atoms with E-state index in [9.17, 15) is 4.79 Å². The first-order valence-corrected chi connectivity index (χ1v) is 5.16. The topological polar surface area (TPSA) is 35.5 Å². The number of carbonyl (C=O) groups is 1. The third-order valence-corrected chi connectivity index (χ3v) is 2.17. The van der Waals surface area contributed by atoms with Crippen molar-refractivity contribution in [1.29, 1.82) is 0 Å². The zero-order valence-electron chi connectivity index (χ0n) is 10.1. The Kier molecular flexibility index (Phi) is 5.13. The molecule has 0 rings (SSSR count). The van der Waals surface area contributed by atoms with Gasteiger partial charge in [0.2, 0.25) is 0 Å². The molecule has 3 nitrogen and oxygen atoms in total. The molecule has 0 aliphatic heterocycles. The monoisotopic (exact) mass is 202 g/mol. The Hall–Kier alpha value is -0.570. The molecule has 0 aliphatic carbocycles. The van der Waals surface area contributed by atoms with Gasteiger partial charge in [0.05, 0.1) is 11.5 Å². The first-order chi connectivity index (χ1) is 6.29. The average molecular weight is 202 g/mol. The van der Waals surface area contributed by atoms with Crippen molar-refractivity contribution >= 4 is 5.97 Å². The quantitative estimate of drug-likeness (QED) is 0.508. The maximum Gasteiger partial charge on any atom is 0.313 e. The van der Waals surface area contributed by atoms with Gasteiger partial charge in [0.25, 0.3) is 0 Å². The van der Waals surface area contributed by atoms with Crippen LogP contribution in [-0.4, -0.2) is 18.4 Å². The normalized spacial score (nSPS) is 14.2. The van der Waals surface area contributed by atoms with Crippen LogP contribution in [0.3, 0.4) is 0 Å². The maximum atomic E-state index is 11.6. The van der Waals surface area contributed by atoms with Gasteiger partial charge < -0.3 is 9.47 Å². The molecule has 14 heavy (non-hydrogen) atoms. The van der Waals surface area contributed by atoms with Gasteiger partial charge in [-0.15, -0.1) is 0 Å². The first kappa shape index (κ1) is 13.4. The summed E-state index contributed by atoms with van der Waals surface area (Å²) >= 11 is 0. The van der Waals surface area contributed by atoms with Crippen LogP contribution < -0.4 is 0 Å². The Morgan fingerprint density at radius 3 is 2.14 bits per heavy atom. The lowest BCUT2D eigenvalue weighted by Crippen LogP contribution is -2.31. The van der Waals surface area contributed by atoms with E-state index in [0.29, 0.717) is 0 Å². The zero-order valence-corrected chi connectivity index (χ0v) is 10.1.